The van der Waals surface area contributed by atoms with E-state index in [1.807, 2.05) is 60.5 Å². The van der Waals surface area contributed by atoms with Crippen LogP contribution in [0, 0.1) is 5.92 Å². The predicted octanol–water partition coefficient (Wildman–Crippen LogP) is 6.42. The summed E-state index contributed by atoms with van der Waals surface area (Å²) in [6.07, 6.45) is 1.20. The third-order valence-electron chi connectivity index (χ3n) is 7.08. The van der Waals surface area contributed by atoms with Gasteiger partial charge in [-0.25, -0.2) is 9.97 Å². The number of H-pyrrole nitrogens is 2. The minimum atomic E-state index is -4.13. The zero-order valence-electron chi connectivity index (χ0n) is 20.1. The molecule has 0 amide bonds. The van der Waals surface area contributed by atoms with Crippen LogP contribution < -0.4 is 9.64 Å². The van der Waals surface area contributed by atoms with Gasteiger partial charge in [0.25, 0.3) is 0 Å². The average molecular weight is 507 g/mol. The van der Waals surface area contributed by atoms with Crippen LogP contribution in [0.1, 0.15) is 31.4 Å². The summed E-state index contributed by atoms with van der Waals surface area (Å²) in [4.78, 5) is 13.9. The number of halogens is 3. The molecule has 10 heteroatoms. The number of aromatic nitrogens is 5. The standard InChI is InChI=1S/C27H25F3N6O/c1-16(20-6-10-31-26-21(20)7-11-32-26)37-19-3-4-23-22(14-19)25(35-34-23)17-2-5-24(33-15-17)36-12-8-18(9-13-36)27(28,29)30/h2-7,10-11,14-16,18H,8-9,12-13H2,1H3,(H,31,32)(H,34,35)/t16-/m1/s1. The van der Waals surface area contributed by atoms with Gasteiger partial charge in [-0.1, -0.05) is 0 Å². The lowest BCUT2D eigenvalue weighted by Crippen LogP contribution is -2.39. The number of pyridine rings is 2. The molecule has 0 aliphatic carbocycles. The van der Waals surface area contributed by atoms with E-state index in [2.05, 4.69) is 25.1 Å². The van der Waals surface area contributed by atoms with Gasteiger partial charge in [-0.05, 0) is 62.2 Å². The van der Waals surface area contributed by atoms with E-state index in [9.17, 15) is 13.2 Å². The van der Waals surface area contributed by atoms with Gasteiger partial charge in [0.2, 0.25) is 0 Å². The second-order valence-corrected chi connectivity index (χ2v) is 9.39. The second-order valence-electron chi connectivity index (χ2n) is 9.39. The van der Waals surface area contributed by atoms with E-state index < -0.39 is 12.1 Å². The summed E-state index contributed by atoms with van der Waals surface area (Å²) in [7, 11) is 0. The molecule has 0 unspecified atom stereocenters. The number of rotatable bonds is 5. The number of hydrogen-bond acceptors (Lipinski definition) is 5. The maximum absolute atomic E-state index is 13.0. The normalized spacial score (nSPS) is 15.9. The number of anilines is 1. The minimum Gasteiger partial charge on any atom is -0.486 e. The van der Waals surface area contributed by atoms with Crippen molar-refractivity contribution in [3.05, 3.63) is 66.6 Å². The van der Waals surface area contributed by atoms with Crippen molar-refractivity contribution >= 4 is 27.8 Å². The first-order chi connectivity index (χ1) is 17.9. The van der Waals surface area contributed by atoms with Gasteiger partial charge in [0.05, 0.1) is 11.4 Å². The third-order valence-corrected chi connectivity index (χ3v) is 7.08. The van der Waals surface area contributed by atoms with Crippen molar-refractivity contribution in [3.8, 4) is 17.0 Å². The molecule has 1 aliphatic heterocycles. The summed E-state index contributed by atoms with van der Waals surface area (Å²) in [6, 6.07) is 13.5. The van der Waals surface area contributed by atoms with Gasteiger partial charge in [-0.2, -0.15) is 18.3 Å². The highest BCUT2D eigenvalue weighted by Gasteiger charge is 2.41. The Labute approximate surface area is 210 Å². The van der Waals surface area contributed by atoms with Gasteiger partial charge in [0.15, 0.2) is 0 Å². The van der Waals surface area contributed by atoms with Gasteiger partial charge in [-0.15, -0.1) is 0 Å². The fourth-order valence-electron chi connectivity index (χ4n) is 5.04. The topological polar surface area (TPSA) is 82.7 Å². The molecule has 1 aromatic carbocycles. The Morgan fingerprint density at radius 1 is 1.03 bits per heavy atom. The van der Waals surface area contributed by atoms with Crippen LogP contribution in [0.5, 0.6) is 5.75 Å². The molecular weight excluding hydrogens is 481 g/mol. The van der Waals surface area contributed by atoms with Gasteiger partial charge < -0.3 is 14.6 Å². The number of ether oxygens (including phenoxy) is 1. The molecule has 1 atom stereocenters. The van der Waals surface area contributed by atoms with Gasteiger partial charge in [0, 0.05) is 53.6 Å². The molecule has 6 rings (SSSR count). The number of aromatic amines is 2. The lowest BCUT2D eigenvalue weighted by Gasteiger charge is -2.33. The molecule has 0 spiro atoms. The predicted molar refractivity (Wildman–Crippen MR) is 135 cm³/mol. The van der Waals surface area contributed by atoms with Crippen molar-refractivity contribution < 1.29 is 17.9 Å². The molecule has 1 aliphatic rings. The minimum absolute atomic E-state index is 0.0905. The molecule has 4 aromatic heterocycles. The highest BCUT2D eigenvalue weighted by atomic mass is 19.4. The van der Waals surface area contributed by atoms with E-state index in [0.29, 0.717) is 24.7 Å². The van der Waals surface area contributed by atoms with E-state index in [-0.39, 0.29) is 18.9 Å². The summed E-state index contributed by atoms with van der Waals surface area (Å²) in [6.45, 7) is 2.68. The lowest BCUT2D eigenvalue weighted by molar-refractivity contribution is -0.179. The zero-order valence-corrected chi connectivity index (χ0v) is 20.1. The number of hydrogen-bond donors (Lipinski definition) is 2. The Bertz CT molecular complexity index is 1530. The van der Waals surface area contributed by atoms with E-state index in [1.54, 1.807) is 12.4 Å². The fraction of sp³-hybridized carbons (Fsp3) is 0.296. The van der Waals surface area contributed by atoms with Crippen LogP contribution in [0.2, 0.25) is 0 Å². The molecule has 5 heterocycles. The molecule has 0 radical (unpaired) electrons. The molecule has 1 fully saturated rings. The molecule has 2 N–H and O–H groups in total. The van der Waals surface area contributed by atoms with Crippen LogP contribution in [0.25, 0.3) is 33.2 Å². The van der Waals surface area contributed by atoms with E-state index in [4.69, 9.17) is 4.74 Å². The van der Waals surface area contributed by atoms with Crippen LogP contribution in [0.3, 0.4) is 0 Å². The highest BCUT2D eigenvalue weighted by molar-refractivity contribution is 5.93. The van der Waals surface area contributed by atoms with Crippen LogP contribution in [0.15, 0.2) is 61.1 Å². The first-order valence-electron chi connectivity index (χ1n) is 12.2. The smallest absolute Gasteiger partial charge is 0.391 e. The van der Waals surface area contributed by atoms with Gasteiger partial charge in [-0.3, -0.25) is 5.10 Å². The van der Waals surface area contributed by atoms with Crippen molar-refractivity contribution in [1.82, 2.24) is 25.1 Å². The number of piperidine rings is 1. The summed E-state index contributed by atoms with van der Waals surface area (Å²) < 4.78 is 45.2. The molecule has 1 saturated heterocycles. The largest absolute Gasteiger partial charge is 0.486 e. The second kappa shape index (κ2) is 9.10. The van der Waals surface area contributed by atoms with Gasteiger partial charge in [0.1, 0.15) is 29.0 Å². The number of benzene rings is 1. The van der Waals surface area contributed by atoms with Crippen LogP contribution in [0.4, 0.5) is 19.0 Å². The van der Waals surface area contributed by atoms with Crippen LogP contribution in [-0.2, 0) is 0 Å². The number of fused-ring (bicyclic) bond motifs is 2. The summed E-state index contributed by atoms with van der Waals surface area (Å²) in [5.74, 6) is 0.154. The van der Waals surface area contributed by atoms with Crippen molar-refractivity contribution in [2.24, 2.45) is 5.92 Å². The molecular formula is C27H25F3N6O. The first kappa shape index (κ1) is 23.3. The SMILES string of the molecule is C[C@@H](Oc1ccc2[nH]nc(-c3ccc(N4CCC(C(F)(F)F)CC4)nc3)c2c1)c1ccnc2[nH]ccc12. The quantitative estimate of drug-likeness (QED) is 0.287. The van der Waals surface area contributed by atoms with Gasteiger partial charge >= 0.3 is 6.18 Å². The molecule has 190 valence electrons. The van der Waals surface area contributed by atoms with E-state index >= 15 is 0 Å². The molecule has 37 heavy (non-hydrogen) atoms. The Balaban J connectivity index is 1.21. The number of alkyl halides is 3. The van der Waals surface area contributed by atoms with Crippen molar-refractivity contribution in [2.75, 3.05) is 18.0 Å². The number of nitrogens with one attached hydrogen (secondary N) is 2. The maximum Gasteiger partial charge on any atom is 0.391 e. The molecule has 0 saturated carbocycles. The monoisotopic (exact) mass is 506 g/mol. The average Bonchev–Trinajstić information content (AvgIpc) is 3.55. The van der Waals surface area contributed by atoms with Crippen molar-refractivity contribution in [3.63, 3.8) is 0 Å². The summed E-state index contributed by atoms with van der Waals surface area (Å²) >= 11 is 0. The maximum atomic E-state index is 13.0. The lowest BCUT2D eigenvalue weighted by atomic mass is 9.96. The Morgan fingerprint density at radius 3 is 2.62 bits per heavy atom. The van der Waals surface area contributed by atoms with Crippen molar-refractivity contribution in [2.45, 2.75) is 32.0 Å². The van der Waals surface area contributed by atoms with E-state index in [1.165, 1.54) is 0 Å². The third kappa shape index (κ3) is 4.47. The Kier molecular flexibility index (Phi) is 5.73. The van der Waals surface area contributed by atoms with Crippen LogP contribution in [-0.4, -0.2) is 44.4 Å². The fourth-order valence-corrected chi connectivity index (χ4v) is 5.04. The molecule has 5 aromatic rings. The zero-order chi connectivity index (χ0) is 25.6. The summed E-state index contributed by atoms with van der Waals surface area (Å²) in [5, 5.41) is 9.46. The highest BCUT2D eigenvalue weighted by Crippen LogP contribution is 2.36. The Morgan fingerprint density at radius 2 is 1.86 bits per heavy atom. The summed E-state index contributed by atoms with van der Waals surface area (Å²) in [5.41, 5.74) is 4.28. The van der Waals surface area contributed by atoms with Crippen molar-refractivity contribution in [1.29, 1.82) is 0 Å². The number of nitrogens with zero attached hydrogens (tertiary/aromatic N) is 4. The first-order valence-corrected chi connectivity index (χ1v) is 12.2. The Hall–Kier alpha value is -4.08. The van der Waals surface area contributed by atoms with Crippen LogP contribution >= 0.6 is 0 Å². The van der Waals surface area contributed by atoms with E-state index in [0.717, 1.165) is 38.8 Å². The molecule has 0 bridgehead atoms. The molecule has 7 nitrogen and oxygen atoms in total.